The van der Waals surface area contributed by atoms with Crippen molar-refractivity contribution in [3.05, 3.63) is 0 Å². The lowest BCUT2D eigenvalue weighted by atomic mass is 10.1. The SMILES string of the molecule is CCNC(=NCC(C)(C)NS(C)(=O)=O)NC(C)CCS(C)(=O)=O.I. The van der Waals surface area contributed by atoms with Gasteiger partial charge in [-0.15, -0.1) is 24.0 Å². The summed E-state index contributed by atoms with van der Waals surface area (Å²) in [6.07, 6.45) is 2.78. The first-order valence-electron chi connectivity index (χ1n) is 7.45. The van der Waals surface area contributed by atoms with Gasteiger partial charge in [-0.1, -0.05) is 0 Å². The highest BCUT2D eigenvalue weighted by molar-refractivity contribution is 14.0. The zero-order valence-electron chi connectivity index (χ0n) is 15.2. The second-order valence-electron chi connectivity index (χ2n) is 6.42. The average molecular weight is 498 g/mol. The van der Waals surface area contributed by atoms with Gasteiger partial charge in [0.25, 0.3) is 0 Å². The van der Waals surface area contributed by atoms with Crippen molar-refractivity contribution in [1.82, 2.24) is 15.4 Å². The number of rotatable bonds is 9. The van der Waals surface area contributed by atoms with Crippen molar-refractivity contribution in [2.45, 2.75) is 45.7 Å². The molecule has 0 fully saturated rings. The van der Waals surface area contributed by atoms with Gasteiger partial charge in [-0.05, 0) is 34.1 Å². The fourth-order valence-electron chi connectivity index (χ4n) is 1.83. The lowest BCUT2D eigenvalue weighted by molar-refractivity contribution is 0.463. The summed E-state index contributed by atoms with van der Waals surface area (Å²) in [6.45, 7) is 8.16. The van der Waals surface area contributed by atoms with Gasteiger partial charge >= 0.3 is 0 Å². The summed E-state index contributed by atoms with van der Waals surface area (Å²) < 4.78 is 47.6. The van der Waals surface area contributed by atoms with Gasteiger partial charge in [-0.2, -0.15) is 0 Å². The molecule has 0 rings (SSSR count). The van der Waals surface area contributed by atoms with Gasteiger partial charge in [0.15, 0.2) is 5.96 Å². The molecular formula is C13H31IN4O4S2. The Bertz CT molecular complexity index is 603. The van der Waals surface area contributed by atoms with Gasteiger partial charge in [0.05, 0.1) is 18.6 Å². The van der Waals surface area contributed by atoms with Crippen LogP contribution in [0, 0.1) is 0 Å². The van der Waals surface area contributed by atoms with E-state index in [-0.39, 0.29) is 42.3 Å². The first kappa shape index (κ1) is 26.1. The largest absolute Gasteiger partial charge is 0.357 e. The molecule has 0 aromatic rings. The van der Waals surface area contributed by atoms with Gasteiger partial charge in [-0.25, -0.2) is 21.6 Å². The highest BCUT2D eigenvalue weighted by atomic mass is 127. The normalized spacial score (nSPS) is 14.7. The van der Waals surface area contributed by atoms with E-state index < -0.39 is 25.4 Å². The van der Waals surface area contributed by atoms with E-state index in [2.05, 4.69) is 20.3 Å². The fraction of sp³-hybridized carbons (Fsp3) is 0.923. The standard InChI is InChI=1S/C13H30N4O4S2.HI/c1-7-14-12(16-11(2)8-9-22(5,18)19)15-10-13(3,4)17-23(6,20)21;/h11,17H,7-10H2,1-6H3,(H2,14,15,16);1H. The molecule has 11 heteroatoms. The molecule has 1 atom stereocenters. The molecule has 0 amide bonds. The maximum atomic E-state index is 11.3. The van der Waals surface area contributed by atoms with Crippen LogP contribution in [0.2, 0.25) is 0 Å². The zero-order chi connectivity index (χ0) is 18.3. The Kier molecular flexibility index (Phi) is 11.7. The second-order valence-corrected chi connectivity index (χ2v) is 10.4. The third-order valence-electron chi connectivity index (χ3n) is 2.74. The summed E-state index contributed by atoms with van der Waals surface area (Å²) in [4.78, 5) is 4.37. The van der Waals surface area contributed by atoms with Gasteiger partial charge in [0, 0.05) is 24.4 Å². The Hall–Kier alpha value is -0.140. The number of nitrogens with one attached hydrogen (secondary N) is 3. The number of aliphatic imine (C=N–C) groups is 1. The zero-order valence-corrected chi connectivity index (χ0v) is 19.2. The third-order valence-corrected chi connectivity index (χ3v) is 4.64. The molecule has 0 saturated heterocycles. The summed E-state index contributed by atoms with van der Waals surface area (Å²) in [5, 5.41) is 6.18. The molecular weight excluding hydrogens is 467 g/mol. The van der Waals surface area contributed by atoms with E-state index in [4.69, 9.17) is 0 Å². The molecule has 24 heavy (non-hydrogen) atoms. The number of hydrogen-bond acceptors (Lipinski definition) is 5. The van der Waals surface area contributed by atoms with E-state index in [1.54, 1.807) is 13.8 Å². The van der Waals surface area contributed by atoms with Crippen LogP contribution in [-0.2, 0) is 19.9 Å². The van der Waals surface area contributed by atoms with Crippen LogP contribution in [0.15, 0.2) is 4.99 Å². The van der Waals surface area contributed by atoms with Gasteiger partial charge in [0.1, 0.15) is 9.84 Å². The molecule has 0 aliphatic heterocycles. The van der Waals surface area contributed by atoms with Crippen molar-refractivity contribution in [3.8, 4) is 0 Å². The summed E-state index contributed by atoms with van der Waals surface area (Å²) in [5.74, 6) is 0.624. The first-order valence-corrected chi connectivity index (χ1v) is 11.4. The highest BCUT2D eigenvalue weighted by Crippen LogP contribution is 2.04. The lowest BCUT2D eigenvalue weighted by Crippen LogP contribution is -2.47. The average Bonchev–Trinajstić information content (AvgIpc) is 2.30. The summed E-state index contributed by atoms with van der Waals surface area (Å²) >= 11 is 0. The molecule has 146 valence electrons. The Morgan fingerprint density at radius 2 is 1.71 bits per heavy atom. The Balaban J connectivity index is 0. The Morgan fingerprint density at radius 1 is 1.17 bits per heavy atom. The Morgan fingerprint density at radius 3 is 2.12 bits per heavy atom. The van der Waals surface area contributed by atoms with Crippen molar-refractivity contribution in [1.29, 1.82) is 0 Å². The first-order chi connectivity index (χ1) is 10.2. The summed E-state index contributed by atoms with van der Waals surface area (Å²) in [5.41, 5.74) is -0.716. The predicted molar refractivity (Wildman–Crippen MR) is 110 cm³/mol. The van der Waals surface area contributed by atoms with E-state index in [9.17, 15) is 16.8 Å². The van der Waals surface area contributed by atoms with Crippen molar-refractivity contribution in [2.75, 3.05) is 31.4 Å². The third kappa shape index (κ3) is 15.4. The molecule has 0 bridgehead atoms. The minimum Gasteiger partial charge on any atom is -0.357 e. The monoisotopic (exact) mass is 498 g/mol. The lowest BCUT2D eigenvalue weighted by Gasteiger charge is -2.24. The maximum Gasteiger partial charge on any atom is 0.209 e. The molecule has 0 spiro atoms. The number of hydrogen-bond donors (Lipinski definition) is 3. The van der Waals surface area contributed by atoms with E-state index in [1.165, 1.54) is 6.26 Å². The van der Waals surface area contributed by atoms with Crippen LogP contribution < -0.4 is 15.4 Å². The van der Waals surface area contributed by atoms with Crippen molar-refractivity contribution >= 4 is 49.8 Å². The molecule has 0 saturated carbocycles. The molecule has 0 aliphatic rings. The van der Waals surface area contributed by atoms with Crippen LogP contribution in [-0.4, -0.2) is 65.7 Å². The maximum absolute atomic E-state index is 11.3. The fourth-order valence-corrected chi connectivity index (χ4v) is 3.68. The minimum absolute atomic E-state index is 0. The van der Waals surface area contributed by atoms with Crippen LogP contribution in [0.25, 0.3) is 0 Å². The van der Waals surface area contributed by atoms with Crippen molar-refractivity contribution in [3.63, 3.8) is 0 Å². The number of guanidine groups is 1. The number of sulfonamides is 1. The van der Waals surface area contributed by atoms with E-state index in [0.29, 0.717) is 18.9 Å². The van der Waals surface area contributed by atoms with Crippen molar-refractivity contribution in [2.24, 2.45) is 4.99 Å². The quantitative estimate of drug-likeness (QED) is 0.239. The van der Waals surface area contributed by atoms with Gasteiger partial charge < -0.3 is 10.6 Å². The van der Waals surface area contributed by atoms with Crippen molar-refractivity contribution < 1.29 is 16.8 Å². The predicted octanol–water partition coefficient (Wildman–Crippen LogP) is 0.311. The van der Waals surface area contributed by atoms with Gasteiger partial charge in [-0.3, -0.25) is 4.99 Å². The van der Waals surface area contributed by atoms with Crippen LogP contribution in [0.4, 0.5) is 0 Å². The van der Waals surface area contributed by atoms with E-state index in [0.717, 1.165) is 6.26 Å². The molecule has 3 N–H and O–H groups in total. The second kappa shape index (κ2) is 10.8. The van der Waals surface area contributed by atoms with Crippen LogP contribution >= 0.6 is 24.0 Å². The van der Waals surface area contributed by atoms with Gasteiger partial charge in [0.2, 0.25) is 10.0 Å². The number of sulfone groups is 1. The van der Waals surface area contributed by atoms with E-state index >= 15 is 0 Å². The molecule has 0 heterocycles. The molecule has 1 unspecified atom stereocenters. The smallest absolute Gasteiger partial charge is 0.209 e. The molecule has 0 radical (unpaired) electrons. The van der Waals surface area contributed by atoms with E-state index in [1.807, 2.05) is 13.8 Å². The van der Waals surface area contributed by atoms with Crippen LogP contribution in [0.1, 0.15) is 34.1 Å². The topological polar surface area (TPSA) is 117 Å². The number of nitrogens with zero attached hydrogens (tertiary/aromatic N) is 1. The minimum atomic E-state index is -3.32. The molecule has 0 aromatic carbocycles. The van der Waals surface area contributed by atoms with Crippen LogP contribution in [0.5, 0.6) is 0 Å². The summed E-state index contributed by atoms with van der Waals surface area (Å²) in [6, 6.07) is -0.0755. The summed E-state index contributed by atoms with van der Waals surface area (Å²) in [7, 11) is -6.32. The number of halogens is 1. The molecule has 0 aliphatic carbocycles. The molecule has 0 aromatic heterocycles. The highest BCUT2D eigenvalue weighted by Gasteiger charge is 2.22. The van der Waals surface area contributed by atoms with Crippen LogP contribution in [0.3, 0.4) is 0 Å². The molecule has 8 nitrogen and oxygen atoms in total. The Labute approximate surface area is 163 Å².